The minimum Gasteiger partial charge on any atom is -0.481 e. The zero-order chi connectivity index (χ0) is 14.9. The van der Waals surface area contributed by atoms with Gasteiger partial charge in [0.05, 0.1) is 0 Å². The SMILES string of the molecule is CCN1C(=O)C[C@@H](c2ccc(Br)cc2)[C@H](C(=O)O)C1=O. The van der Waals surface area contributed by atoms with Crippen LogP contribution in [0.15, 0.2) is 28.7 Å². The van der Waals surface area contributed by atoms with Crippen molar-refractivity contribution in [1.29, 1.82) is 0 Å². The van der Waals surface area contributed by atoms with Gasteiger partial charge in [-0.3, -0.25) is 19.3 Å². The van der Waals surface area contributed by atoms with E-state index in [4.69, 9.17) is 0 Å². The number of likely N-dealkylation sites (tertiary alicyclic amines) is 1. The highest BCUT2D eigenvalue weighted by Crippen LogP contribution is 2.35. The maximum Gasteiger partial charge on any atom is 0.316 e. The molecule has 1 aliphatic heterocycles. The molecule has 1 aromatic rings. The van der Waals surface area contributed by atoms with Crippen molar-refractivity contribution in [3.05, 3.63) is 34.3 Å². The maximum atomic E-state index is 12.2. The van der Waals surface area contributed by atoms with Gasteiger partial charge in [0.2, 0.25) is 11.8 Å². The predicted molar refractivity (Wildman–Crippen MR) is 75.0 cm³/mol. The molecular weight excluding hydrogens is 326 g/mol. The molecule has 1 aromatic carbocycles. The molecule has 0 aromatic heterocycles. The number of carbonyl (C=O) groups excluding carboxylic acids is 2. The molecular formula is C14H14BrNO4. The zero-order valence-electron chi connectivity index (χ0n) is 10.9. The molecule has 0 spiro atoms. The van der Waals surface area contributed by atoms with Crippen molar-refractivity contribution < 1.29 is 19.5 Å². The van der Waals surface area contributed by atoms with Crippen molar-refractivity contribution in [3.8, 4) is 0 Å². The molecule has 0 unspecified atom stereocenters. The molecule has 5 nitrogen and oxygen atoms in total. The van der Waals surface area contributed by atoms with Gasteiger partial charge in [0.15, 0.2) is 0 Å². The Morgan fingerprint density at radius 2 is 1.95 bits per heavy atom. The first-order valence-electron chi connectivity index (χ1n) is 6.28. The second kappa shape index (κ2) is 5.75. The van der Waals surface area contributed by atoms with Crippen LogP contribution in [0.5, 0.6) is 0 Å². The average Bonchev–Trinajstić information content (AvgIpc) is 2.38. The van der Waals surface area contributed by atoms with Gasteiger partial charge in [-0.25, -0.2) is 0 Å². The van der Waals surface area contributed by atoms with Gasteiger partial charge in [-0.1, -0.05) is 28.1 Å². The Balaban J connectivity index is 2.40. The number of amides is 2. The van der Waals surface area contributed by atoms with E-state index in [1.165, 1.54) is 0 Å². The van der Waals surface area contributed by atoms with Crippen molar-refractivity contribution in [2.75, 3.05) is 6.54 Å². The molecule has 1 saturated heterocycles. The van der Waals surface area contributed by atoms with Gasteiger partial charge in [0.25, 0.3) is 0 Å². The number of hydrogen-bond donors (Lipinski definition) is 1. The largest absolute Gasteiger partial charge is 0.481 e. The van der Waals surface area contributed by atoms with Gasteiger partial charge in [-0.05, 0) is 24.6 Å². The highest BCUT2D eigenvalue weighted by atomic mass is 79.9. The summed E-state index contributed by atoms with van der Waals surface area (Å²) < 4.78 is 0.858. The lowest BCUT2D eigenvalue weighted by molar-refractivity contribution is -0.160. The summed E-state index contributed by atoms with van der Waals surface area (Å²) in [5.74, 6) is -3.93. The molecule has 106 valence electrons. The standard InChI is InChI=1S/C14H14BrNO4/c1-2-16-11(17)7-10(12(13(16)18)14(19)20)8-3-5-9(15)6-4-8/h3-6,10,12H,2,7H2,1H3,(H,19,20)/t10-,12-/m0/s1. The number of nitrogens with zero attached hydrogens (tertiary/aromatic N) is 1. The van der Waals surface area contributed by atoms with Crippen LogP contribution in [-0.4, -0.2) is 34.3 Å². The van der Waals surface area contributed by atoms with E-state index in [-0.39, 0.29) is 18.9 Å². The summed E-state index contributed by atoms with van der Waals surface area (Å²) in [6, 6.07) is 7.03. The highest BCUT2D eigenvalue weighted by Gasteiger charge is 2.45. The second-order valence-electron chi connectivity index (χ2n) is 4.65. The van der Waals surface area contributed by atoms with E-state index in [1.807, 2.05) is 0 Å². The summed E-state index contributed by atoms with van der Waals surface area (Å²) in [5, 5.41) is 9.33. The molecule has 2 rings (SSSR count). The lowest BCUT2D eigenvalue weighted by Gasteiger charge is -2.34. The van der Waals surface area contributed by atoms with Crippen molar-refractivity contribution >= 4 is 33.7 Å². The van der Waals surface area contributed by atoms with Gasteiger partial charge in [-0.15, -0.1) is 0 Å². The summed E-state index contributed by atoms with van der Waals surface area (Å²) >= 11 is 3.30. The quantitative estimate of drug-likeness (QED) is 0.675. The molecule has 1 heterocycles. The number of benzene rings is 1. The topological polar surface area (TPSA) is 74.7 Å². The van der Waals surface area contributed by atoms with E-state index in [0.29, 0.717) is 5.56 Å². The number of halogens is 1. The van der Waals surface area contributed by atoms with Crippen molar-refractivity contribution in [2.24, 2.45) is 5.92 Å². The highest BCUT2D eigenvalue weighted by molar-refractivity contribution is 9.10. The van der Waals surface area contributed by atoms with Gasteiger partial charge >= 0.3 is 5.97 Å². The molecule has 1 fully saturated rings. The van der Waals surface area contributed by atoms with Crippen LogP contribution in [0.25, 0.3) is 0 Å². The van der Waals surface area contributed by atoms with Gasteiger partial charge < -0.3 is 5.11 Å². The van der Waals surface area contributed by atoms with Crippen LogP contribution >= 0.6 is 15.9 Å². The summed E-state index contributed by atoms with van der Waals surface area (Å²) in [6.07, 6.45) is 0.0399. The lowest BCUT2D eigenvalue weighted by Crippen LogP contribution is -2.50. The third-order valence-corrected chi connectivity index (χ3v) is 4.04. The fraction of sp³-hybridized carbons (Fsp3) is 0.357. The van der Waals surface area contributed by atoms with Crippen LogP contribution < -0.4 is 0 Å². The van der Waals surface area contributed by atoms with E-state index < -0.39 is 23.7 Å². The molecule has 2 atom stereocenters. The van der Waals surface area contributed by atoms with E-state index in [0.717, 1.165) is 9.37 Å². The Labute approximate surface area is 124 Å². The van der Waals surface area contributed by atoms with Crippen molar-refractivity contribution in [2.45, 2.75) is 19.3 Å². The fourth-order valence-electron chi connectivity index (χ4n) is 2.51. The summed E-state index contributed by atoms with van der Waals surface area (Å²) in [7, 11) is 0. The number of imide groups is 1. The molecule has 20 heavy (non-hydrogen) atoms. The predicted octanol–water partition coefficient (Wildman–Crippen LogP) is 2.01. The van der Waals surface area contributed by atoms with Gasteiger partial charge in [0, 0.05) is 23.4 Å². The van der Waals surface area contributed by atoms with Gasteiger partial charge in [0.1, 0.15) is 5.92 Å². The molecule has 0 radical (unpaired) electrons. The van der Waals surface area contributed by atoms with Crippen LogP contribution in [0.3, 0.4) is 0 Å². The van der Waals surface area contributed by atoms with Gasteiger partial charge in [-0.2, -0.15) is 0 Å². The number of rotatable bonds is 3. The van der Waals surface area contributed by atoms with Crippen LogP contribution in [-0.2, 0) is 14.4 Å². The Bertz CT molecular complexity index is 555. The Kier molecular flexibility index (Phi) is 4.23. The first kappa shape index (κ1) is 14.7. The average molecular weight is 340 g/mol. The van der Waals surface area contributed by atoms with Crippen LogP contribution in [0.1, 0.15) is 24.8 Å². The molecule has 1 N–H and O–H groups in total. The first-order chi connectivity index (χ1) is 9.45. The smallest absolute Gasteiger partial charge is 0.316 e. The fourth-order valence-corrected chi connectivity index (χ4v) is 2.77. The molecule has 0 bridgehead atoms. The molecule has 1 aliphatic rings. The van der Waals surface area contributed by atoms with Crippen molar-refractivity contribution in [3.63, 3.8) is 0 Å². The summed E-state index contributed by atoms with van der Waals surface area (Å²) in [5.41, 5.74) is 0.693. The van der Waals surface area contributed by atoms with E-state index in [1.54, 1.807) is 31.2 Å². The summed E-state index contributed by atoms with van der Waals surface area (Å²) in [6.45, 7) is 1.86. The zero-order valence-corrected chi connectivity index (χ0v) is 12.5. The Morgan fingerprint density at radius 1 is 1.35 bits per heavy atom. The second-order valence-corrected chi connectivity index (χ2v) is 5.57. The molecule has 0 saturated carbocycles. The lowest BCUT2D eigenvalue weighted by atomic mass is 9.79. The van der Waals surface area contributed by atoms with E-state index >= 15 is 0 Å². The maximum absolute atomic E-state index is 12.2. The number of carboxylic acid groups (broad SMARTS) is 1. The Hall–Kier alpha value is -1.69. The van der Waals surface area contributed by atoms with Crippen molar-refractivity contribution in [1.82, 2.24) is 4.90 Å². The van der Waals surface area contributed by atoms with Crippen LogP contribution in [0, 0.1) is 5.92 Å². The third-order valence-electron chi connectivity index (χ3n) is 3.51. The van der Waals surface area contributed by atoms with E-state index in [2.05, 4.69) is 15.9 Å². The van der Waals surface area contributed by atoms with E-state index in [9.17, 15) is 19.5 Å². The first-order valence-corrected chi connectivity index (χ1v) is 7.07. The number of carboxylic acids is 1. The minimum atomic E-state index is -1.20. The monoisotopic (exact) mass is 339 g/mol. The van der Waals surface area contributed by atoms with Crippen LogP contribution in [0.4, 0.5) is 0 Å². The number of piperidine rings is 1. The van der Waals surface area contributed by atoms with Crippen LogP contribution in [0.2, 0.25) is 0 Å². The molecule has 2 amide bonds. The number of aliphatic carboxylic acids is 1. The normalized spacial score (nSPS) is 23.0. The summed E-state index contributed by atoms with van der Waals surface area (Å²) in [4.78, 5) is 36.6. The number of carbonyl (C=O) groups is 3. The Morgan fingerprint density at radius 3 is 2.45 bits per heavy atom. The minimum absolute atomic E-state index is 0.0399. The molecule has 0 aliphatic carbocycles. The third kappa shape index (κ3) is 2.60. The molecule has 6 heteroatoms. The number of hydrogen-bond acceptors (Lipinski definition) is 3.